The fraction of sp³-hybridized carbons (Fsp3) is 0.0625. The van der Waals surface area contributed by atoms with Gasteiger partial charge in [-0.25, -0.2) is 0 Å². The number of rotatable bonds is 4. The third-order valence-corrected chi connectivity index (χ3v) is 13.5. The molecule has 1 atom stereocenters. The molecule has 2 heterocycles. The predicted molar refractivity (Wildman–Crippen MR) is 152 cm³/mol. The molecule has 0 aromatic heterocycles. The first kappa shape index (κ1) is 22.6. The summed E-state index contributed by atoms with van der Waals surface area (Å²) in [5, 5.41) is 5.26. The Bertz CT molecular complexity index is 1490. The average molecular weight is 523 g/mol. The molecule has 5 heteroatoms. The molecule has 0 amide bonds. The Kier molecular flexibility index (Phi) is 5.16. The Hall–Kier alpha value is -3.62. The van der Waals surface area contributed by atoms with Crippen molar-refractivity contribution in [1.82, 2.24) is 0 Å². The Morgan fingerprint density at radius 3 is 1.59 bits per heavy atom. The molecule has 5 aromatic rings. The molecule has 0 saturated heterocycles. The molecule has 37 heavy (non-hydrogen) atoms. The summed E-state index contributed by atoms with van der Waals surface area (Å²) < 4.78 is 19.6. The fourth-order valence-electron chi connectivity index (χ4n) is 5.91. The SMILES string of the molecule is Clc1ccc(C2OP(c3ccccc3)(c3ccccc3)(c3ccccc3)c3cc4c(cc32)OCO4)cc1. The summed E-state index contributed by atoms with van der Waals surface area (Å²) in [7, 11) is 0. The summed E-state index contributed by atoms with van der Waals surface area (Å²) in [6.07, 6.45) is -0.333. The second-order valence-corrected chi connectivity index (χ2v) is 14.1. The zero-order valence-corrected chi connectivity index (χ0v) is 21.6. The van der Waals surface area contributed by atoms with E-state index in [1.165, 1.54) is 0 Å². The average Bonchev–Trinajstić information content (AvgIpc) is 3.55. The summed E-state index contributed by atoms with van der Waals surface area (Å²) in [5.41, 5.74) is 2.12. The molecule has 0 aliphatic carbocycles. The molecule has 2 aliphatic heterocycles. The van der Waals surface area contributed by atoms with Crippen molar-refractivity contribution < 1.29 is 14.0 Å². The molecule has 0 saturated carbocycles. The van der Waals surface area contributed by atoms with E-state index in [-0.39, 0.29) is 12.9 Å². The van der Waals surface area contributed by atoms with E-state index < -0.39 is 6.83 Å². The van der Waals surface area contributed by atoms with E-state index in [0.717, 1.165) is 43.8 Å². The normalized spacial score (nSPS) is 19.5. The van der Waals surface area contributed by atoms with Crippen molar-refractivity contribution in [3.63, 3.8) is 0 Å². The van der Waals surface area contributed by atoms with E-state index in [2.05, 4.69) is 115 Å². The Morgan fingerprint density at radius 2 is 1.08 bits per heavy atom. The predicted octanol–water partition coefficient (Wildman–Crippen LogP) is 6.26. The van der Waals surface area contributed by atoms with E-state index in [4.69, 9.17) is 25.6 Å². The summed E-state index contributed by atoms with van der Waals surface area (Å²) in [4.78, 5) is 0. The maximum atomic E-state index is 7.75. The van der Waals surface area contributed by atoms with Crippen LogP contribution < -0.4 is 30.7 Å². The van der Waals surface area contributed by atoms with Gasteiger partial charge in [0.25, 0.3) is 0 Å². The zero-order valence-electron chi connectivity index (χ0n) is 20.0. The van der Waals surface area contributed by atoms with Crippen LogP contribution in [0.2, 0.25) is 5.02 Å². The van der Waals surface area contributed by atoms with Crippen molar-refractivity contribution in [2.24, 2.45) is 0 Å². The number of hydrogen-bond acceptors (Lipinski definition) is 3. The molecule has 3 nitrogen and oxygen atoms in total. The van der Waals surface area contributed by atoms with Crippen molar-refractivity contribution >= 4 is 39.6 Å². The number of benzene rings is 5. The molecule has 0 N–H and O–H groups in total. The first-order chi connectivity index (χ1) is 18.2. The minimum atomic E-state index is -3.74. The molecular weight excluding hydrogens is 499 g/mol. The first-order valence-corrected chi connectivity index (χ1v) is 14.8. The van der Waals surface area contributed by atoms with Crippen molar-refractivity contribution in [2.45, 2.75) is 6.10 Å². The third kappa shape index (κ3) is 3.09. The zero-order chi connectivity index (χ0) is 24.9. The van der Waals surface area contributed by atoms with Crippen LogP contribution in [-0.2, 0) is 4.52 Å². The van der Waals surface area contributed by atoms with Gasteiger partial charge in [-0.3, -0.25) is 0 Å². The van der Waals surface area contributed by atoms with Crippen LogP contribution >= 0.6 is 18.4 Å². The van der Waals surface area contributed by atoms with E-state index >= 15 is 0 Å². The van der Waals surface area contributed by atoms with Crippen LogP contribution in [0.3, 0.4) is 0 Å². The van der Waals surface area contributed by atoms with Crippen molar-refractivity contribution in [1.29, 1.82) is 0 Å². The topological polar surface area (TPSA) is 27.7 Å². The number of halogens is 1. The van der Waals surface area contributed by atoms with Gasteiger partial charge in [0.2, 0.25) is 0 Å². The number of fused-ring (bicyclic) bond motifs is 2. The van der Waals surface area contributed by atoms with Gasteiger partial charge in [-0.05, 0) is 0 Å². The Labute approximate surface area is 221 Å². The van der Waals surface area contributed by atoms with Gasteiger partial charge in [0.1, 0.15) is 0 Å². The number of hydrogen-bond donors (Lipinski definition) is 0. The van der Waals surface area contributed by atoms with E-state index in [0.29, 0.717) is 5.02 Å². The second kappa shape index (κ2) is 8.46. The molecule has 0 bridgehead atoms. The van der Waals surface area contributed by atoms with Crippen molar-refractivity contribution in [3.8, 4) is 11.5 Å². The van der Waals surface area contributed by atoms with Crippen molar-refractivity contribution in [2.75, 3.05) is 6.79 Å². The Morgan fingerprint density at radius 1 is 0.595 bits per heavy atom. The van der Waals surface area contributed by atoms with Crippen molar-refractivity contribution in [3.05, 3.63) is 144 Å². The van der Waals surface area contributed by atoms with Crippen LogP contribution in [0.15, 0.2) is 127 Å². The van der Waals surface area contributed by atoms with Crippen LogP contribution in [0.25, 0.3) is 0 Å². The van der Waals surface area contributed by atoms with Gasteiger partial charge in [0, 0.05) is 0 Å². The minimum absolute atomic E-state index is 0.211. The van der Waals surface area contributed by atoms with Gasteiger partial charge in [-0.2, -0.15) is 0 Å². The molecular formula is C32H24ClO3P. The molecule has 0 spiro atoms. The van der Waals surface area contributed by atoms with Gasteiger partial charge in [-0.1, -0.05) is 0 Å². The standard InChI is InChI=1S/C32H24ClO3P/c33-24-18-16-23(17-19-24)32-28-20-29-30(35-22-34-29)21-31(28)37(36-32,25-10-4-1-5-11-25,26-12-6-2-7-13-26)27-14-8-3-9-15-27/h1-21,32H,22H2. The summed E-state index contributed by atoms with van der Waals surface area (Å²) in [6.45, 7) is -3.53. The quantitative estimate of drug-likeness (QED) is 0.261. The van der Waals surface area contributed by atoms with E-state index in [9.17, 15) is 0 Å². The summed E-state index contributed by atoms with van der Waals surface area (Å²) in [5.74, 6) is 1.49. The molecule has 0 radical (unpaired) electrons. The van der Waals surface area contributed by atoms with Crippen LogP contribution in [0, 0.1) is 0 Å². The monoisotopic (exact) mass is 522 g/mol. The van der Waals surface area contributed by atoms with Gasteiger partial charge in [0.05, 0.1) is 0 Å². The Balaban J connectivity index is 1.68. The molecule has 2 aliphatic rings. The fourth-order valence-corrected chi connectivity index (χ4v) is 12.2. The third-order valence-electron chi connectivity index (χ3n) is 7.50. The molecule has 5 aromatic carbocycles. The molecule has 0 fully saturated rings. The molecule has 1 unspecified atom stereocenters. The van der Waals surface area contributed by atoms with E-state index in [1.807, 2.05) is 12.1 Å². The second-order valence-electron chi connectivity index (χ2n) is 9.34. The van der Waals surface area contributed by atoms with Gasteiger partial charge < -0.3 is 0 Å². The number of ether oxygens (including phenoxy) is 2. The van der Waals surface area contributed by atoms with Crippen LogP contribution in [0.5, 0.6) is 11.5 Å². The summed E-state index contributed by atoms with van der Waals surface area (Å²) >= 11 is 6.30. The first-order valence-electron chi connectivity index (χ1n) is 12.3. The molecule has 7 rings (SSSR count). The molecule has 182 valence electrons. The van der Waals surface area contributed by atoms with Gasteiger partial charge >= 0.3 is 222 Å². The van der Waals surface area contributed by atoms with Crippen LogP contribution in [-0.4, -0.2) is 6.79 Å². The summed E-state index contributed by atoms with van der Waals surface area (Å²) in [6, 6.07) is 44.2. The van der Waals surface area contributed by atoms with E-state index in [1.54, 1.807) is 0 Å². The van der Waals surface area contributed by atoms with Gasteiger partial charge in [0.15, 0.2) is 0 Å². The van der Waals surface area contributed by atoms with Gasteiger partial charge in [-0.15, -0.1) is 0 Å². The van der Waals surface area contributed by atoms with Crippen LogP contribution in [0.4, 0.5) is 0 Å². The maximum absolute atomic E-state index is 7.75. The van der Waals surface area contributed by atoms with Crippen LogP contribution in [0.1, 0.15) is 17.2 Å².